The first-order chi connectivity index (χ1) is 11.5. The Kier molecular flexibility index (Phi) is 4.26. The van der Waals surface area contributed by atoms with Gasteiger partial charge in [0.25, 0.3) is 0 Å². The van der Waals surface area contributed by atoms with E-state index >= 15 is 0 Å². The normalized spacial score (nSPS) is 47.2. The zero-order chi connectivity index (χ0) is 16.9. The number of carbonyl (C=O) groups is 1. The third-order valence-corrected chi connectivity index (χ3v) is 8.47. The lowest BCUT2D eigenvalue weighted by atomic mass is 9.48. The third-order valence-electron chi connectivity index (χ3n) is 8.25. The summed E-state index contributed by atoms with van der Waals surface area (Å²) in [6.07, 6.45) is 14.1. The molecule has 0 bridgehead atoms. The number of esters is 1. The van der Waals surface area contributed by atoms with Crippen LogP contribution < -0.4 is 0 Å². The molecule has 0 aromatic rings. The molecule has 0 heterocycles. The van der Waals surface area contributed by atoms with Gasteiger partial charge in [-0.3, -0.25) is 4.79 Å². The highest BCUT2D eigenvalue weighted by Crippen LogP contribution is 2.64. The lowest BCUT2D eigenvalue weighted by Crippen LogP contribution is -2.49. The van der Waals surface area contributed by atoms with Gasteiger partial charge in [0, 0.05) is 6.42 Å². The fraction of sp³-hybridized carbons (Fsp3) is 0.857. The maximum Gasteiger partial charge on any atom is 0.321 e. The summed E-state index contributed by atoms with van der Waals surface area (Å²) in [6.45, 7) is 5.07. The Bertz CT molecular complexity index is 556. The molecule has 4 rings (SSSR count). The molecule has 2 nitrogen and oxygen atoms in total. The molecular weight excluding hydrogens is 320 g/mol. The van der Waals surface area contributed by atoms with Crippen molar-refractivity contribution in [2.45, 2.75) is 77.7 Å². The molecule has 0 aromatic carbocycles. The van der Waals surface area contributed by atoms with Crippen LogP contribution in [0.25, 0.3) is 0 Å². The Hall–Kier alpha value is -0.500. The SMILES string of the molecule is C[C@@]12CCC[C@H]1[C@@H]1CC=C3C[C@@H](OC(=O)CCl)CC[C@]3(C)[C@H]1CC2. The van der Waals surface area contributed by atoms with E-state index in [2.05, 4.69) is 19.9 Å². The van der Waals surface area contributed by atoms with Crippen molar-refractivity contribution in [3.05, 3.63) is 11.6 Å². The summed E-state index contributed by atoms with van der Waals surface area (Å²) < 4.78 is 5.54. The largest absolute Gasteiger partial charge is 0.461 e. The highest BCUT2D eigenvalue weighted by Gasteiger charge is 2.55. The van der Waals surface area contributed by atoms with E-state index in [1.54, 1.807) is 5.57 Å². The second-order valence-corrected chi connectivity index (χ2v) is 9.60. The lowest BCUT2D eigenvalue weighted by molar-refractivity contribution is -0.148. The van der Waals surface area contributed by atoms with Gasteiger partial charge in [-0.2, -0.15) is 0 Å². The van der Waals surface area contributed by atoms with Gasteiger partial charge in [0.2, 0.25) is 0 Å². The lowest BCUT2D eigenvalue weighted by Gasteiger charge is -2.57. The Morgan fingerprint density at radius 2 is 2.04 bits per heavy atom. The number of hydrogen-bond donors (Lipinski definition) is 0. The average molecular weight is 351 g/mol. The van der Waals surface area contributed by atoms with Gasteiger partial charge in [-0.05, 0) is 73.5 Å². The van der Waals surface area contributed by atoms with Gasteiger partial charge in [-0.1, -0.05) is 31.9 Å². The van der Waals surface area contributed by atoms with Gasteiger partial charge in [-0.25, -0.2) is 0 Å². The van der Waals surface area contributed by atoms with Crippen molar-refractivity contribution in [2.24, 2.45) is 28.6 Å². The quantitative estimate of drug-likeness (QED) is 0.374. The summed E-state index contributed by atoms with van der Waals surface area (Å²) >= 11 is 5.60. The molecular formula is C21H31ClO2. The highest BCUT2D eigenvalue weighted by molar-refractivity contribution is 6.26. The van der Waals surface area contributed by atoms with Crippen molar-refractivity contribution < 1.29 is 9.53 Å². The molecule has 4 aliphatic carbocycles. The fourth-order valence-corrected chi connectivity index (χ4v) is 7.00. The number of halogens is 1. The summed E-state index contributed by atoms with van der Waals surface area (Å²) in [5.74, 6) is 2.38. The summed E-state index contributed by atoms with van der Waals surface area (Å²) in [6, 6.07) is 0. The number of ether oxygens (including phenoxy) is 1. The predicted octanol–water partition coefficient (Wildman–Crippen LogP) is 5.49. The first kappa shape index (κ1) is 16.9. The second-order valence-electron chi connectivity index (χ2n) is 9.33. The summed E-state index contributed by atoms with van der Waals surface area (Å²) in [5, 5.41) is 0. The van der Waals surface area contributed by atoms with E-state index in [9.17, 15) is 4.79 Å². The minimum absolute atomic E-state index is 0.0300. The molecule has 0 unspecified atom stereocenters. The Morgan fingerprint density at radius 1 is 1.21 bits per heavy atom. The zero-order valence-electron chi connectivity index (χ0n) is 15.2. The van der Waals surface area contributed by atoms with Gasteiger partial charge in [0.05, 0.1) is 0 Å². The van der Waals surface area contributed by atoms with Crippen LogP contribution in [0, 0.1) is 28.6 Å². The molecule has 3 heteroatoms. The Morgan fingerprint density at radius 3 is 2.83 bits per heavy atom. The van der Waals surface area contributed by atoms with Crippen LogP contribution in [-0.4, -0.2) is 18.0 Å². The van der Waals surface area contributed by atoms with Crippen LogP contribution in [0.3, 0.4) is 0 Å². The Labute approximate surface area is 151 Å². The van der Waals surface area contributed by atoms with Crippen molar-refractivity contribution in [3.63, 3.8) is 0 Å². The number of carbonyl (C=O) groups excluding carboxylic acids is 1. The Balaban J connectivity index is 1.55. The van der Waals surface area contributed by atoms with E-state index in [0.29, 0.717) is 10.8 Å². The van der Waals surface area contributed by atoms with E-state index < -0.39 is 0 Å². The molecule has 0 saturated heterocycles. The van der Waals surface area contributed by atoms with Crippen molar-refractivity contribution in [2.75, 3.05) is 5.88 Å². The smallest absolute Gasteiger partial charge is 0.321 e. The summed E-state index contributed by atoms with van der Waals surface area (Å²) in [4.78, 5) is 11.5. The molecule has 0 spiro atoms. The molecule has 0 amide bonds. The van der Waals surface area contributed by atoms with Crippen LogP contribution in [0.15, 0.2) is 11.6 Å². The van der Waals surface area contributed by atoms with Crippen LogP contribution in [0.2, 0.25) is 0 Å². The number of hydrogen-bond acceptors (Lipinski definition) is 2. The van der Waals surface area contributed by atoms with E-state index in [-0.39, 0.29) is 18.0 Å². The molecule has 0 N–H and O–H groups in total. The molecule has 3 saturated carbocycles. The summed E-state index contributed by atoms with van der Waals surface area (Å²) in [5.41, 5.74) is 2.54. The maximum absolute atomic E-state index is 11.5. The van der Waals surface area contributed by atoms with Crippen molar-refractivity contribution in [3.8, 4) is 0 Å². The predicted molar refractivity (Wildman–Crippen MR) is 96.9 cm³/mol. The highest BCUT2D eigenvalue weighted by atomic mass is 35.5. The third kappa shape index (κ3) is 2.55. The molecule has 6 atom stereocenters. The molecule has 0 aromatic heterocycles. The molecule has 24 heavy (non-hydrogen) atoms. The van der Waals surface area contributed by atoms with Crippen molar-refractivity contribution in [1.82, 2.24) is 0 Å². The van der Waals surface area contributed by atoms with Gasteiger partial charge >= 0.3 is 5.97 Å². The van der Waals surface area contributed by atoms with E-state index in [4.69, 9.17) is 16.3 Å². The van der Waals surface area contributed by atoms with E-state index in [1.165, 1.54) is 44.9 Å². The van der Waals surface area contributed by atoms with Crippen molar-refractivity contribution >= 4 is 17.6 Å². The fourth-order valence-electron chi connectivity index (χ4n) is 6.94. The van der Waals surface area contributed by atoms with Gasteiger partial charge < -0.3 is 4.74 Å². The molecule has 3 fully saturated rings. The summed E-state index contributed by atoms with van der Waals surface area (Å²) in [7, 11) is 0. The van der Waals surface area contributed by atoms with Crippen LogP contribution in [-0.2, 0) is 9.53 Å². The van der Waals surface area contributed by atoms with Gasteiger partial charge in [0.1, 0.15) is 12.0 Å². The minimum atomic E-state index is -0.265. The minimum Gasteiger partial charge on any atom is -0.461 e. The number of allylic oxidation sites excluding steroid dienone is 1. The standard InChI is InChI=1S/C21H31ClO2/c1-20-9-3-4-17(20)16-6-5-14-12-15(24-19(23)13-22)7-11-21(14,2)18(16)8-10-20/h5,15-18H,3-4,6-13H2,1-2H3/t15-,16-,17-,18-,20-,21-/m0/s1. The topological polar surface area (TPSA) is 26.3 Å². The zero-order valence-corrected chi connectivity index (χ0v) is 15.9. The van der Waals surface area contributed by atoms with Gasteiger partial charge in [-0.15, -0.1) is 11.6 Å². The van der Waals surface area contributed by atoms with E-state index in [1.807, 2.05) is 0 Å². The van der Waals surface area contributed by atoms with Gasteiger partial charge in [0.15, 0.2) is 0 Å². The molecule has 0 aliphatic heterocycles. The van der Waals surface area contributed by atoms with Crippen LogP contribution >= 0.6 is 11.6 Å². The number of fused-ring (bicyclic) bond motifs is 5. The number of rotatable bonds is 2. The van der Waals surface area contributed by atoms with Crippen LogP contribution in [0.4, 0.5) is 0 Å². The maximum atomic E-state index is 11.5. The first-order valence-electron chi connectivity index (χ1n) is 9.91. The van der Waals surface area contributed by atoms with Crippen LogP contribution in [0.1, 0.15) is 71.6 Å². The van der Waals surface area contributed by atoms with E-state index in [0.717, 1.165) is 30.6 Å². The van der Waals surface area contributed by atoms with Crippen LogP contribution in [0.5, 0.6) is 0 Å². The second kappa shape index (κ2) is 6.04. The molecule has 134 valence electrons. The average Bonchev–Trinajstić information content (AvgIpc) is 2.97. The molecule has 0 radical (unpaired) electrons. The molecule has 4 aliphatic rings. The number of alkyl halides is 1. The first-order valence-corrected chi connectivity index (χ1v) is 10.4. The monoisotopic (exact) mass is 350 g/mol. The van der Waals surface area contributed by atoms with Crippen molar-refractivity contribution in [1.29, 1.82) is 0 Å².